The van der Waals surface area contributed by atoms with Crippen molar-refractivity contribution >= 4 is 5.69 Å². The highest BCUT2D eigenvalue weighted by Crippen LogP contribution is 2.22. The maximum Gasteiger partial charge on any atom is 0.146 e. The summed E-state index contributed by atoms with van der Waals surface area (Å²) >= 11 is 0. The maximum absolute atomic E-state index is 13.6. The molecule has 0 spiro atoms. The molecule has 1 unspecified atom stereocenters. The van der Waals surface area contributed by atoms with Crippen LogP contribution in [0, 0.1) is 5.82 Å². The van der Waals surface area contributed by atoms with Gasteiger partial charge in [-0.2, -0.15) is 0 Å². The van der Waals surface area contributed by atoms with Crippen molar-refractivity contribution in [2.24, 2.45) is 5.73 Å². The number of rotatable bonds is 8. The lowest BCUT2D eigenvalue weighted by atomic mass is 10.1. The highest BCUT2D eigenvalue weighted by atomic mass is 19.1. The molecule has 0 aromatic heterocycles. The fraction of sp³-hybridized carbons (Fsp3) is 0.538. The Morgan fingerprint density at radius 1 is 1.39 bits per heavy atom. The number of hydrogen-bond acceptors (Lipinski definition) is 4. The molecule has 0 aliphatic carbocycles. The van der Waals surface area contributed by atoms with Gasteiger partial charge in [-0.3, -0.25) is 0 Å². The molecule has 0 saturated heterocycles. The summed E-state index contributed by atoms with van der Waals surface area (Å²) < 4.78 is 23.8. The lowest BCUT2D eigenvalue weighted by Gasteiger charge is -2.19. The summed E-state index contributed by atoms with van der Waals surface area (Å²) in [6.45, 7) is 1.12. The Hall–Kier alpha value is -1.33. The van der Waals surface area contributed by atoms with Crippen LogP contribution in [0.2, 0.25) is 0 Å². The van der Waals surface area contributed by atoms with Crippen molar-refractivity contribution < 1.29 is 13.9 Å². The molecule has 0 aliphatic heterocycles. The number of hydrogen-bond donors (Lipinski definition) is 2. The first-order valence-corrected chi connectivity index (χ1v) is 6.00. The van der Waals surface area contributed by atoms with Gasteiger partial charge in [-0.1, -0.05) is 0 Å². The van der Waals surface area contributed by atoms with E-state index in [9.17, 15) is 4.39 Å². The zero-order chi connectivity index (χ0) is 13.4. The molecule has 1 rings (SSSR count). The van der Waals surface area contributed by atoms with Gasteiger partial charge in [-0.05, 0) is 31.5 Å². The second kappa shape index (κ2) is 7.89. The molecule has 3 N–H and O–H groups in total. The van der Waals surface area contributed by atoms with Crippen LogP contribution in [0.3, 0.4) is 0 Å². The summed E-state index contributed by atoms with van der Waals surface area (Å²) in [7, 11) is 3.18. The van der Waals surface area contributed by atoms with Gasteiger partial charge in [0, 0.05) is 19.2 Å². The Morgan fingerprint density at radius 2 is 2.17 bits per heavy atom. The summed E-state index contributed by atoms with van der Waals surface area (Å²) in [6.07, 6.45) is 1.70. The smallest absolute Gasteiger partial charge is 0.146 e. The van der Waals surface area contributed by atoms with Crippen molar-refractivity contribution in [2.75, 3.05) is 32.7 Å². The highest BCUT2D eigenvalue weighted by Gasteiger charge is 2.11. The van der Waals surface area contributed by atoms with E-state index in [1.807, 2.05) is 0 Å². The number of nitrogens with two attached hydrogens (primary N) is 1. The number of anilines is 1. The van der Waals surface area contributed by atoms with Gasteiger partial charge in [0.1, 0.15) is 11.6 Å². The van der Waals surface area contributed by atoms with Crippen LogP contribution in [0.25, 0.3) is 0 Å². The minimum atomic E-state index is -0.301. The predicted molar refractivity (Wildman–Crippen MR) is 70.5 cm³/mol. The van der Waals surface area contributed by atoms with Gasteiger partial charge in [-0.15, -0.1) is 0 Å². The molecule has 0 heterocycles. The highest BCUT2D eigenvalue weighted by molar-refractivity contribution is 5.50. The lowest BCUT2D eigenvalue weighted by molar-refractivity contribution is 0.182. The van der Waals surface area contributed by atoms with Gasteiger partial charge >= 0.3 is 0 Å². The third-order valence-corrected chi connectivity index (χ3v) is 2.66. The zero-order valence-electron chi connectivity index (χ0n) is 10.9. The fourth-order valence-corrected chi connectivity index (χ4v) is 1.72. The fourth-order valence-electron chi connectivity index (χ4n) is 1.72. The summed E-state index contributed by atoms with van der Waals surface area (Å²) in [5.74, 6) is 0.318. The molecule has 0 bridgehead atoms. The molecule has 4 nitrogen and oxygen atoms in total. The third kappa shape index (κ3) is 4.50. The molecular weight excluding hydrogens is 235 g/mol. The molecule has 0 radical (unpaired) electrons. The van der Waals surface area contributed by atoms with Crippen LogP contribution < -0.4 is 15.8 Å². The number of halogens is 1. The second-order valence-corrected chi connectivity index (χ2v) is 4.07. The van der Waals surface area contributed by atoms with Crippen molar-refractivity contribution in [2.45, 2.75) is 18.9 Å². The van der Waals surface area contributed by atoms with Gasteiger partial charge in [0.25, 0.3) is 0 Å². The van der Waals surface area contributed by atoms with Crippen LogP contribution in [0.15, 0.2) is 18.2 Å². The molecule has 102 valence electrons. The molecule has 18 heavy (non-hydrogen) atoms. The molecule has 1 atom stereocenters. The lowest BCUT2D eigenvalue weighted by Crippen LogP contribution is -2.26. The molecule has 5 heteroatoms. The van der Waals surface area contributed by atoms with Gasteiger partial charge in [0.05, 0.1) is 19.4 Å². The summed E-state index contributed by atoms with van der Waals surface area (Å²) in [5.41, 5.74) is 5.90. The first-order chi connectivity index (χ1) is 8.71. The molecular formula is C13H21FN2O2. The maximum atomic E-state index is 13.6. The van der Waals surface area contributed by atoms with Crippen molar-refractivity contribution in [3.63, 3.8) is 0 Å². The Balaban J connectivity index is 2.72. The van der Waals surface area contributed by atoms with E-state index in [1.165, 1.54) is 6.07 Å². The van der Waals surface area contributed by atoms with E-state index in [0.717, 1.165) is 12.8 Å². The standard InChI is InChI=1S/C13H21FN2O2/c1-17-9-10(4-3-7-15)16-13-8-11(18-2)5-6-12(13)14/h5-6,8,10,16H,3-4,7,9,15H2,1-2H3. The van der Waals surface area contributed by atoms with Crippen LogP contribution in [-0.4, -0.2) is 33.4 Å². The number of ether oxygens (including phenoxy) is 2. The van der Waals surface area contributed by atoms with E-state index in [4.69, 9.17) is 15.2 Å². The quantitative estimate of drug-likeness (QED) is 0.747. The number of nitrogens with one attached hydrogen (secondary N) is 1. The summed E-state index contributed by atoms with van der Waals surface area (Å²) in [6, 6.07) is 4.65. The van der Waals surface area contributed by atoms with Gasteiger partial charge in [-0.25, -0.2) is 4.39 Å². The second-order valence-electron chi connectivity index (χ2n) is 4.07. The average Bonchev–Trinajstić information content (AvgIpc) is 2.38. The number of methoxy groups -OCH3 is 2. The van der Waals surface area contributed by atoms with Crippen LogP contribution in [0.4, 0.5) is 10.1 Å². The Labute approximate surface area is 107 Å². The van der Waals surface area contributed by atoms with Crippen LogP contribution in [0.1, 0.15) is 12.8 Å². The zero-order valence-corrected chi connectivity index (χ0v) is 10.9. The van der Waals surface area contributed by atoms with Gasteiger partial charge < -0.3 is 20.5 Å². The van der Waals surface area contributed by atoms with Crippen LogP contribution in [0.5, 0.6) is 5.75 Å². The van der Waals surface area contributed by atoms with E-state index in [1.54, 1.807) is 26.4 Å². The van der Waals surface area contributed by atoms with Crippen molar-refractivity contribution in [3.8, 4) is 5.75 Å². The molecule has 0 amide bonds. The first-order valence-electron chi connectivity index (χ1n) is 6.00. The minimum absolute atomic E-state index is 0.0418. The Morgan fingerprint density at radius 3 is 2.78 bits per heavy atom. The third-order valence-electron chi connectivity index (χ3n) is 2.66. The minimum Gasteiger partial charge on any atom is -0.497 e. The summed E-state index contributed by atoms with van der Waals surface area (Å²) in [4.78, 5) is 0. The number of benzene rings is 1. The van der Waals surface area contributed by atoms with Crippen molar-refractivity contribution in [1.29, 1.82) is 0 Å². The van der Waals surface area contributed by atoms with E-state index in [0.29, 0.717) is 24.6 Å². The average molecular weight is 256 g/mol. The van der Waals surface area contributed by atoms with Crippen molar-refractivity contribution in [1.82, 2.24) is 0 Å². The topological polar surface area (TPSA) is 56.5 Å². The normalized spacial score (nSPS) is 12.2. The van der Waals surface area contributed by atoms with E-state index >= 15 is 0 Å². The van der Waals surface area contributed by atoms with E-state index < -0.39 is 0 Å². The van der Waals surface area contributed by atoms with Gasteiger partial charge in [0.15, 0.2) is 0 Å². The Kier molecular flexibility index (Phi) is 6.46. The largest absolute Gasteiger partial charge is 0.497 e. The van der Waals surface area contributed by atoms with Crippen LogP contribution in [-0.2, 0) is 4.74 Å². The molecule has 0 saturated carbocycles. The van der Waals surface area contributed by atoms with Crippen molar-refractivity contribution in [3.05, 3.63) is 24.0 Å². The molecule has 0 fully saturated rings. The molecule has 0 aliphatic rings. The monoisotopic (exact) mass is 256 g/mol. The predicted octanol–water partition coefficient (Wildman–Crippen LogP) is 2.00. The first kappa shape index (κ1) is 14.7. The van der Waals surface area contributed by atoms with E-state index in [-0.39, 0.29) is 11.9 Å². The summed E-state index contributed by atoms with van der Waals surface area (Å²) in [5, 5.41) is 3.12. The SMILES string of the molecule is COCC(CCCN)Nc1cc(OC)ccc1F. The Bertz CT molecular complexity index is 361. The molecule has 1 aromatic rings. The molecule has 1 aromatic carbocycles. The van der Waals surface area contributed by atoms with E-state index in [2.05, 4.69) is 5.32 Å². The van der Waals surface area contributed by atoms with Gasteiger partial charge in [0.2, 0.25) is 0 Å². The van der Waals surface area contributed by atoms with Crippen LogP contribution >= 0.6 is 0 Å².